The van der Waals surface area contributed by atoms with Gasteiger partial charge in [-0.05, 0) is 18.2 Å². The molecule has 0 unspecified atom stereocenters. The molecule has 1 aliphatic heterocycles. The zero-order chi connectivity index (χ0) is 24.0. The Labute approximate surface area is 191 Å². The SMILES string of the molecule is Nc1cc(Cl)ccc1C(=O)NS(=O)(=O)NC[C@H]1OC[C@](O)(n2cnc3c(N)ncnc32)[C@@H]1O. The number of rotatable bonds is 6. The van der Waals surface area contributed by atoms with Crippen LogP contribution in [0.4, 0.5) is 11.5 Å². The molecule has 1 fully saturated rings. The fourth-order valence-corrected chi connectivity index (χ4v) is 4.36. The number of aliphatic hydroxyl groups excluding tert-OH is 1. The van der Waals surface area contributed by atoms with Crippen molar-refractivity contribution in [3.8, 4) is 0 Å². The molecule has 0 spiro atoms. The number of nitrogens with one attached hydrogen (secondary N) is 2. The Balaban J connectivity index is 1.44. The van der Waals surface area contributed by atoms with E-state index in [9.17, 15) is 23.4 Å². The van der Waals surface area contributed by atoms with Gasteiger partial charge >= 0.3 is 10.2 Å². The molecule has 1 aliphatic rings. The van der Waals surface area contributed by atoms with E-state index < -0.39 is 47.2 Å². The summed E-state index contributed by atoms with van der Waals surface area (Å²) < 4.78 is 35.1. The summed E-state index contributed by atoms with van der Waals surface area (Å²) in [6.07, 6.45) is -0.371. The maximum Gasteiger partial charge on any atom is 0.301 e. The second-order valence-electron chi connectivity index (χ2n) is 7.23. The van der Waals surface area contributed by atoms with Gasteiger partial charge in [-0.2, -0.15) is 13.1 Å². The number of fused-ring (bicyclic) bond motifs is 1. The Kier molecular flexibility index (Phi) is 5.85. The van der Waals surface area contributed by atoms with Crippen LogP contribution in [0.5, 0.6) is 0 Å². The van der Waals surface area contributed by atoms with Crippen molar-refractivity contribution in [2.45, 2.75) is 17.9 Å². The summed E-state index contributed by atoms with van der Waals surface area (Å²) in [6, 6.07) is 3.96. The fraction of sp³-hybridized carbons (Fsp3) is 0.294. The number of aliphatic hydroxyl groups is 2. The number of nitrogen functional groups attached to an aromatic ring is 2. The first kappa shape index (κ1) is 23.1. The van der Waals surface area contributed by atoms with E-state index in [1.54, 1.807) is 4.72 Å². The normalized spacial score (nSPS) is 23.1. The molecule has 8 N–H and O–H groups in total. The number of benzene rings is 1. The zero-order valence-electron chi connectivity index (χ0n) is 16.7. The number of ether oxygens (including phenoxy) is 1. The van der Waals surface area contributed by atoms with E-state index in [1.807, 2.05) is 0 Å². The lowest BCUT2D eigenvalue weighted by atomic mass is 10.1. The number of hydrogen-bond acceptors (Lipinski definition) is 11. The van der Waals surface area contributed by atoms with Crippen LogP contribution in [0.3, 0.4) is 0 Å². The van der Waals surface area contributed by atoms with Crippen molar-refractivity contribution in [2.75, 3.05) is 24.6 Å². The minimum atomic E-state index is -4.37. The Morgan fingerprint density at radius 3 is 2.82 bits per heavy atom. The van der Waals surface area contributed by atoms with Crippen molar-refractivity contribution in [2.24, 2.45) is 0 Å². The lowest BCUT2D eigenvalue weighted by Crippen LogP contribution is -2.50. The Morgan fingerprint density at radius 1 is 1.33 bits per heavy atom. The number of hydrogen-bond donors (Lipinski definition) is 6. The number of nitrogens with two attached hydrogens (primary N) is 2. The first-order valence-corrected chi connectivity index (χ1v) is 11.2. The van der Waals surface area contributed by atoms with Gasteiger partial charge in [-0.3, -0.25) is 9.36 Å². The highest BCUT2D eigenvalue weighted by Gasteiger charge is 2.50. The van der Waals surface area contributed by atoms with Crippen molar-refractivity contribution in [1.29, 1.82) is 0 Å². The predicted octanol–water partition coefficient (Wildman–Crippen LogP) is -1.69. The average molecular weight is 499 g/mol. The summed E-state index contributed by atoms with van der Waals surface area (Å²) >= 11 is 5.77. The van der Waals surface area contributed by atoms with Gasteiger partial charge in [0, 0.05) is 17.3 Å². The van der Waals surface area contributed by atoms with Crippen molar-refractivity contribution < 1.29 is 28.2 Å². The molecule has 1 aromatic carbocycles. The molecule has 0 aliphatic carbocycles. The van der Waals surface area contributed by atoms with E-state index in [1.165, 1.54) is 35.4 Å². The van der Waals surface area contributed by atoms with Gasteiger partial charge in [0.05, 0.1) is 18.5 Å². The maximum atomic E-state index is 12.3. The van der Waals surface area contributed by atoms with E-state index in [0.717, 1.165) is 0 Å². The first-order valence-electron chi connectivity index (χ1n) is 9.34. The number of carbonyl (C=O) groups excluding carboxylic acids is 1. The van der Waals surface area contributed by atoms with Crippen LogP contribution >= 0.6 is 11.6 Å². The van der Waals surface area contributed by atoms with Crippen LogP contribution in [0, 0.1) is 0 Å². The number of halogens is 1. The van der Waals surface area contributed by atoms with Crippen molar-refractivity contribution in [3.63, 3.8) is 0 Å². The number of nitrogens with zero attached hydrogens (tertiary/aromatic N) is 4. The predicted molar refractivity (Wildman–Crippen MR) is 116 cm³/mol. The molecule has 16 heteroatoms. The Hall–Kier alpha value is -3.08. The van der Waals surface area contributed by atoms with Crippen LogP contribution in [0.15, 0.2) is 30.9 Å². The molecular weight excluding hydrogens is 480 g/mol. The molecule has 0 radical (unpaired) electrons. The topological polar surface area (TPSA) is 221 Å². The van der Waals surface area contributed by atoms with Crippen LogP contribution < -0.4 is 20.9 Å². The Bertz CT molecular complexity index is 1330. The van der Waals surface area contributed by atoms with Crippen LogP contribution in [0.2, 0.25) is 5.02 Å². The summed E-state index contributed by atoms with van der Waals surface area (Å²) in [5.41, 5.74) is 9.69. The van der Waals surface area contributed by atoms with Gasteiger partial charge in [0.2, 0.25) is 0 Å². The lowest BCUT2D eigenvalue weighted by molar-refractivity contribution is -0.107. The van der Waals surface area contributed by atoms with Crippen LogP contribution in [0.25, 0.3) is 11.2 Å². The fourth-order valence-electron chi connectivity index (χ4n) is 3.37. The minimum Gasteiger partial charge on any atom is -0.398 e. The van der Waals surface area contributed by atoms with Crippen LogP contribution in [0.1, 0.15) is 10.4 Å². The number of aromatic nitrogens is 4. The van der Waals surface area contributed by atoms with E-state index >= 15 is 0 Å². The standard InChI is InChI=1S/C17H19ClN8O6S/c18-8-1-2-9(10(19)3-8)16(28)25-33(30,31)24-4-11-13(27)17(29,5-32-11)26-7-23-12-14(20)21-6-22-15(12)26/h1-3,6-7,11,13,24,27,29H,4-5,19H2,(H,25,28)(H2,20,21,22)/t11-,13-,17-/m1/s1. The van der Waals surface area contributed by atoms with Gasteiger partial charge in [-0.1, -0.05) is 11.6 Å². The highest BCUT2D eigenvalue weighted by Crippen LogP contribution is 2.32. The molecule has 4 rings (SSSR count). The number of anilines is 2. The number of carbonyl (C=O) groups is 1. The maximum absolute atomic E-state index is 12.3. The van der Waals surface area contributed by atoms with Gasteiger partial charge in [0.1, 0.15) is 24.1 Å². The molecule has 3 heterocycles. The highest BCUT2D eigenvalue weighted by molar-refractivity contribution is 7.88. The van der Waals surface area contributed by atoms with Gasteiger partial charge in [0.25, 0.3) is 5.91 Å². The summed E-state index contributed by atoms with van der Waals surface area (Å²) in [7, 11) is -4.37. The molecular formula is C17H19ClN8O6S. The van der Waals surface area contributed by atoms with Crippen molar-refractivity contribution >= 4 is 50.4 Å². The third-order valence-electron chi connectivity index (χ3n) is 5.07. The van der Waals surface area contributed by atoms with E-state index in [0.29, 0.717) is 0 Å². The minimum absolute atomic E-state index is 0.00758. The largest absolute Gasteiger partial charge is 0.398 e. The third kappa shape index (κ3) is 4.29. The second kappa shape index (κ2) is 8.36. The molecule has 14 nitrogen and oxygen atoms in total. The molecule has 3 aromatic rings. The van der Waals surface area contributed by atoms with Crippen molar-refractivity contribution in [3.05, 3.63) is 41.4 Å². The second-order valence-corrected chi connectivity index (χ2v) is 9.17. The van der Waals surface area contributed by atoms with Gasteiger partial charge < -0.3 is 26.4 Å². The monoisotopic (exact) mass is 498 g/mol. The van der Waals surface area contributed by atoms with E-state index in [-0.39, 0.29) is 33.3 Å². The van der Waals surface area contributed by atoms with Crippen LogP contribution in [-0.4, -0.2) is 69.4 Å². The van der Waals surface area contributed by atoms with E-state index in [2.05, 4.69) is 19.7 Å². The third-order valence-corrected chi connectivity index (χ3v) is 6.31. The molecule has 176 valence electrons. The quantitative estimate of drug-likeness (QED) is 0.210. The van der Waals surface area contributed by atoms with Gasteiger partial charge in [-0.25, -0.2) is 19.7 Å². The van der Waals surface area contributed by atoms with Gasteiger partial charge in [0.15, 0.2) is 17.2 Å². The molecule has 0 bridgehead atoms. The molecule has 0 saturated carbocycles. The van der Waals surface area contributed by atoms with Crippen LogP contribution in [-0.2, 0) is 20.7 Å². The van der Waals surface area contributed by atoms with Gasteiger partial charge in [-0.15, -0.1) is 0 Å². The highest BCUT2D eigenvalue weighted by atomic mass is 35.5. The number of amides is 1. The number of imidazole rings is 1. The smallest absolute Gasteiger partial charge is 0.301 e. The lowest BCUT2D eigenvalue weighted by Gasteiger charge is -2.27. The summed E-state index contributed by atoms with van der Waals surface area (Å²) in [5.74, 6) is -0.902. The first-order chi connectivity index (χ1) is 15.5. The molecule has 1 amide bonds. The summed E-state index contributed by atoms with van der Waals surface area (Å²) in [6.45, 7) is -0.866. The Morgan fingerprint density at radius 2 is 2.09 bits per heavy atom. The zero-order valence-corrected chi connectivity index (χ0v) is 18.3. The molecule has 33 heavy (non-hydrogen) atoms. The molecule has 3 atom stereocenters. The summed E-state index contributed by atoms with van der Waals surface area (Å²) in [5, 5.41) is 22.0. The van der Waals surface area contributed by atoms with E-state index in [4.69, 9.17) is 27.8 Å². The molecule has 2 aromatic heterocycles. The van der Waals surface area contributed by atoms with Crippen molar-refractivity contribution in [1.82, 2.24) is 29.0 Å². The average Bonchev–Trinajstić information content (AvgIpc) is 3.30. The molecule has 1 saturated heterocycles. The summed E-state index contributed by atoms with van der Waals surface area (Å²) in [4.78, 5) is 24.1.